The molecule has 1 aliphatic rings. The largest absolute Gasteiger partial charge is 0.357 e. The minimum absolute atomic E-state index is 0. The number of halogens is 1. The third-order valence-electron chi connectivity index (χ3n) is 3.32. The third-order valence-corrected chi connectivity index (χ3v) is 3.32. The first kappa shape index (κ1) is 18.0. The topological polar surface area (TPSA) is 36.4 Å². The number of hydrogen-bond donors (Lipinski definition) is 2. The van der Waals surface area contributed by atoms with Crippen LogP contribution in [0, 0.1) is 0 Å². The first-order valence-electron chi connectivity index (χ1n) is 7.41. The van der Waals surface area contributed by atoms with E-state index in [9.17, 15) is 0 Å². The Morgan fingerprint density at radius 1 is 1.11 bits per heavy atom. The van der Waals surface area contributed by atoms with E-state index in [1.807, 2.05) is 0 Å². The normalized spacial score (nSPS) is 17.1. The molecule has 0 bridgehead atoms. The predicted octanol–water partition coefficient (Wildman–Crippen LogP) is 3.68. The summed E-state index contributed by atoms with van der Waals surface area (Å²) < 4.78 is 0. The second kappa shape index (κ2) is 12.1. The lowest BCUT2D eigenvalue weighted by Crippen LogP contribution is -2.44. The average molecular weight is 367 g/mol. The molecule has 18 heavy (non-hydrogen) atoms. The fraction of sp³-hybridized carbons (Fsp3) is 0.929. The number of guanidine groups is 1. The van der Waals surface area contributed by atoms with Gasteiger partial charge in [-0.1, -0.05) is 39.0 Å². The van der Waals surface area contributed by atoms with Crippen molar-refractivity contribution >= 4 is 29.9 Å². The molecule has 0 heterocycles. The van der Waals surface area contributed by atoms with Crippen LogP contribution in [-0.2, 0) is 0 Å². The standard InChI is InChI=1S/C14H29N3.HI/c1-3-5-9-12-16-14(15-4-2)17-13-10-7-6-8-11-13;/h13H,3-12H2,1-2H3,(H2,15,16,17);1H. The van der Waals surface area contributed by atoms with E-state index < -0.39 is 0 Å². The van der Waals surface area contributed by atoms with Gasteiger partial charge in [0.15, 0.2) is 5.96 Å². The fourth-order valence-corrected chi connectivity index (χ4v) is 2.31. The van der Waals surface area contributed by atoms with Gasteiger partial charge in [0.2, 0.25) is 0 Å². The lowest BCUT2D eigenvalue weighted by molar-refractivity contribution is 0.410. The molecule has 0 saturated heterocycles. The van der Waals surface area contributed by atoms with Gasteiger partial charge in [-0.05, 0) is 26.2 Å². The van der Waals surface area contributed by atoms with Gasteiger partial charge in [-0.2, -0.15) is 0 Å². The molecule has 0 aliphatic heterocycles. The van der Waals surface area contributed by atoms with Gasteiger partial charge in [0.25, 0.3) is 0 Å². The van der Waals surface area contributed by atoms with Crippen LogP contribution in [0.25, 0.3) is 0 Å². The van der Waals surface area contributed by atoms with Crippen molar-refractivity contribution in [1.29, 1.82) is 0 Å². The molecule has 0 amide bonds. The number of rotatable bonds is 6. The molecule has 0 atom stereocenters. The van der Waals surface area contributed by atoms with Crippen molar-refractivity contribution in [1.82, 2.24) is 10.6 Å². The Balaban J connectivity index is 0.00000289. The molecule has 4 heteroatoms. The highest BCUT2D eigenvalue weighted by Crippen LogP contribution is 2.17. The molecule has 0 unspecified atom stereocenters. The van der Waals surface area contributed by atoms with Crippen molar-refractivity contribution < 1.29 is 0 Å². The van der Waals surface area contributed by atoms with Crippen molar-refractivity contribution in [3.05, 3.63) is 0 Å². The Kier molecular flexibility index (Phi) is 12.1. The van der Waals surface area contributed by atoms with Gasteiger partial charge in [0.1, 0.15) is 0 Å². The van der Waals surface area contributed by atoms with Gasteiger partial charge in [0.05, 0.1) is 0 Å². The summed E-state index contributed by atoms with van der Waals surface area (Å²) in [5, 5.41) is 6.92. The van der Waals surface area contributed by atoms with Gasteiger partial charge in [-0.25, -0.2) is 0 Å². The molecular weight excluding hydrogens is 337 g/mol. The van der Waals surface area contributed by atoms with Crippen molar-refractivity contribution in [2.24, 2.45) is 4.99 Å². The van der Waals surface area contributed by atoms with Gasteiger partial charge in [-0.3, -0.25) is 4.99 Å². The number of hydrogen-bond acceptors (Lipinski definition) is 1. The maximum Gasteiger partial charge on any atom is 0.191 e. The SMILES string of the molecule is CCCCCN=C(NCC)NC1CCCCC1.I. The van der Waals surface area contributed by atoms with Crippen LogP contribution < -0.4 is 10.6 Å². The maximum absolute atomic E-state index is 4.64. The minimum Gasteiger partial charge on any atom is -0.357 e. The summed E-state index contributed by atoms with van der Waals surface area (Å²) >= 11 is 0. The average Bonchev–Trinajstić information content (AvgIpc) is 2.36. The molecule has 0 radical (unpaired) electrons. The summed E-state index contributed by atoms with van der Waals surface area (Å²) in [5.74, 6) is 1.02. The number of nitrogens with one attached hydrogen (secondary N) is 2. The van der Waals surface area contributed by atoms with Gasteiger partial charge in [-0.15, -0.1) is 24.0 Å². The summed E-state index contributed by atoms with van der Waals surface area (Å²) in [7, 11) is 0. The van der Waals surface area contributed by atoms with Crippen LogP contribution in [0.4, 0.5) is 0 Å². The van der Waals surface area contributed by atoms with Crippen molar-refractivity contribution in [3.63, 3.8) is 0 Å². The zero-order chi connectivity index (χ0) is 12.3. The lowest BCUT2D eigenvalue weighted by Gasteiger charge is -2.24. The van der Waals surface area contributed by atoms with Crippen molar-refractivity contribution in [3.8, 4) is 0 Å². The molecule has 0 spiro atoms. The molecule has 2 N–H and O–H groups in total. The van der Waals surface area contributed by atoms with E-state index in [-0.39, 0.29) is 24.0 Å². The third kappa shape index (κ3) is 8.16. The van der Waals surface area contributed by atoms with Crippen LogP contribution in [0.5, 0.6) is 0 Å². The van der Waals surface area contributed by atoms with E-state index in [0.29, 0.717) is 6.04 Å². The maximum atomic E-state index is 4.64. The van der Waals surface area contributed by atoms with E-state index in [4.69, 9.17) is 0 Å². The van der Waals surface area contributed by atoms with E-state index in [1.54, 1.807) is 0 Å². The van der Waals surface area contributed by atoms with Crippen molar-refractivity contribution in [2.45, 2.75) is 71.3 Å². The number of aliphatic imine (C=N–C) groups is 1. The molecule has 1 rings (SSSR count). The first-order chi connectivity index (χ1) is 8.36. The Bertz CT molecular complexity index is 213. The molecule has 108 valence electrons. The van der Waals surface area contributed by atoms with Gasteiger partial charge < -0.3 is 10.6 Å². The first-order valence-corrected chi connectivity index (χ1v) is 7.41. The van der Waals surface area contributed by atoms with E-state index in [0.717, 1.165) is 19.0 Å². The zero-order valence-corrected chi connectivity index (χ0v) is 14.3. The summed E-state index contributed by atoms with van der Waals surface area (Å²) in [5.41, 5.74) is 0. The molecular formula is C14H30IN3. The zero-order valence-electron chi connectivity index (χ0n) is 12.0. The second-order valence-corrected chi connectivity index (χ2v) is 4.95. The van der Waals surface area contributed by atoms with Crippen LogP contribution in [0.1, 0.15) is 65.2 Å². The summed E-state index contributed by atoms with van der Waals surface area (Å²) in [6, 6.07) is 0.646. The fourth-order valence-electron chi connectivity index (χ4n) is 2.31. The van der Waals surface area contributed by atoms with Crippen LogP contribution in [0.15, 0.2) is 4.99 Å². The quantitative estimate of drug-likeness (QED) is 0.325. The highest BCUT2D eigenvalue weighted by atomic mass is 127. The van der Waals surface area contributed by atoms with Crippen LogP contribution in [0.2, 0.25) is 0 Å². The van der Waals surface area contributed by atoms with E-state index >= 15 is 0 Å². The minimum atomic E-state index is 0. The summed E-state index contributed by atoms with van der Waals surface area (Å²) in [6.07, 6.45) is 10.5. The van der Waals surface area contributed by atoms with Crippen LogP contribution >= 0.6 is 24.0 Å². The number of nitrogens with zero attached hydrogens (tertiary/aromatic N) is 1. The molecule has 1 saturated carbocycles. The highest BCUT2D eigenvalue weighted by Gasteiger charge is 2.13. The Morgan fingerprint density at radius 3 is 2.44 bits per heavy atom. The van der Waals surface area contributed by atoms with Gasteiger partial charge >= 0.3 is 0 Å². The molecule has 0 aromatic carbocycles. The second-order valence-electron chi connectivity index (χ2n) is 4.95. The van der Waals surface area contributed by atoms with E-state index in [1.165, 1.54) is 51.4 Å². The van der Waals surface area contributed by atoms with Crippen molar-refractivity contribution in [2.75, 3.05) is 13.1 Å². The molecule has 0 aromatic rings. The molecule has 3 nitrogen and oxygen atoms in total. The van der Waals surface area contributed by atoms with Crippen LogP contribution in [0.3, 0.4) is 0 Å². The molecule has 0 aromatic heterocycles. The van der Waals surface area contributed by atoms with Crippen LogP contribution in [-0.4, -0.2) is 25.1 Å². The lowest BCUT2D eigenvalue weighted by atomic mass is 9.96. The summed E-state index contributed by atoms with van der Waals surface area (Å²) in [4.78, 5) is 4.64. The van der Waals surface area contributed by atoms with Gasteiger partial charge in [0, 0.05) is 19.1 Å². The predicted molar refractivity (Wildman–Crippen MR) is 90.9 cm³/mol. The van der Waals surface area contributed by atoms with E-state index in [2.05, 4.69) is 29.5 Å². The highest BCUT2D eigenvalue weighted by molar-refractivity contribution is 14.0. The Hall–Kier alpha value is 0. The number of unbranched alkanes of at least 4 members (excludes halogenated alkanes) is 2. The summed E-state index contributed by atoms with van der Waals surface area (Å²) in [6.45, 7) is 6.27. The Labute approximate surface area is 130 Å². The smallest absolute Gasteiger partial charge is 0.191 e. The monoisotopic (exact) mass is 367 g/mol. The molecule has 1 fully saturated rings. The Morgan fingerprint density at radius 2 is 1.83 bits per heavy atom. The molecule has 1 aliphatic carbocycles.